The average molecular weight is 321 g/mol. The van der Waals surface area contributed by atoms with Crippen molar-refractivity contribution < 1.29 is 9.53 Å². The molecule has 2 aromatic carbocycles. The lowest BCUT2D eigenvalue weighted by Gasteiger charge is -2.18. The number of amides is 1. The summed E-state index contributed by atoms with van der Waals surface area (Å²) in [6, 6.07) is 15.2. The number of hydrazone groups is 1. The van der Waals surface area contributed by atoms with E-state index in [1.54, 1.807) is 4.68 Å². The molecule has 1 aliphatic rings. The van der Waals surface area contributed by atoms with Crippen LogP contribution in [-0.2, 0) is 11.3 Å². The molecule has 4 rings (SSSR count). The number of aromatic nitrogens is 3. The fraction of sp³-hybridized carbons (Fsp3) is 0.176. The Bertz CT molecular complexity index is 931. The minimum absolute atomic E-state index is 0.0649. The van der Waals surface area contributed by atoms with E-state index in [0.717, 1.165) is 28.1 Å². The normalized spacial score (nSPS) is 15.1. The molecule has 7 heteroatoms. The van der Waals surface area contributed by atoms with Crippen molar-refractivity contribution in [3.63, 3.8) is 0 Å². The lowest BCUT2D eigenvalue weighted by atomic mass is 10.0. The summed E-state index contributed by atoms with van der Waals surface area (Å²) in [5, 5.41) is 12.3. The lowest BCUT2D eigenvalue weighted by Crippen LogP contribution is -2.26. The second kappa shape index (κ2) is 6.11. The highest BCUT2D eigenvalue weighted by Crippen LogP contribution is 2.24. The summed E-state index contributed by atoms with van der Waals surface area (Å²) in [4.78, 5) is 12.2. The second-order valence-corrected chi connectivity index (χ2v) is 5.42. The van der Waals surface area contributed by atoms with Crippen LogP contribution in [0.5, 0.6) is 5.75 Å². The molecule has 3 aromatic rings. The quantitative estimate of drug-likeness (QED) is 0.745. The number of hydrogen-bond donors (Lipinski definition) is 1. The van der Waals surface area contributed by atoms with E-state index >= 15 is 0 Å². The Morgan fingerprint density at radius 3 is 3.00 bits per heavy atom. The van der Waals surface area contributed by atoms with Gasteiger partial charge < -0.3 is 4.74 Å². The Morgan fingerprint density at radius 1 is 1.21 bits per heavy atom. The summed E-state index contributed by atoms with van der Waals surface area (Å²) in [6.45, 7) is 0.620. The average Bonchev–Trinajstić information content (AvgIpc) is 3.03. The molecule has 0 bridgehead atoms. The van der Waals surface area contributed by atoms with Crippen LogP contribution in [0.15, 0.2) is 53.6 Å². The molecule has 0 spiro atoms. The zero-order valence-electron chi connectivity index (χ0n) is 12.8. The maximum absolute atomic E-state index is 12.2. The van der Waals surface area contributed by atoms with Gasteiger partial charge in [-0.05, 0) is 24.3 Å². The third kappa shape index (κ3) is 2.71. The molecular weight excluding hydrogens is 306 g/mol. The highest BCUT2D eigenvalue weighted by Gasteiger charge is 2.16. The molecule has 0 radical (unpaired) electrons. The molecule has 1 aliphatic heterocycles. The number of carbonyl (C=O) groups excluding carboxylic acids is 1. The first-order valence-corrected chi connectivity index (χ1v) is 7.67. The van der Waals surface area contributed by atoms with Crippen molar-refractivity contribution >= 4 is 22.7 Å². The molecule has 0 aliphatic carbocycles. The Morgan fingerprint density at radius 2 is 2.04 bits per heavy atom. The van der Waals surface area contributed by atoms with Gasteiger partial charge in [-0.2, -0.15) is 5.10 Å². The van der Waals surface area contributed by atoms with E-state index in [4.69, 9.17) is 4.74 Å². The fourth-order valence-corrected chi connectivity index (χ4v) is 2.67. The zero-order chi connectivity index (χ0) is 16.4. The number of nitrogens with zero attached hydrogens (tertiary/aromatic N) is 4. The zero-order valence-corrected chi connectivity index (χ0v) is 12.8. The van der Waals surface area contributed by atoms with E-state index in [2.05, 4.69) is 20.8 Å². The standard InChI is InChI=1S/C17H15N5O2/c23-17(11-22-15-7-3-2-6-14(15)19-21-22)20-18-13-9-10-24-16-8-4-1-5-12(13)16/h1-8H,9-11H2,(H,20,23)/b18-13-. The van der Waals surface area contributed by atoms with Gasteiger partial charge in [0.2, 0.25) is 0 Å². The summed E-state index contributed by atoms with van der Waals surface area (Å²) in [6.07, 6.45) is 0.656. The van der Waals surface area contributed by atoms with Crippen molar-refractivity contribution in [1.82, 2.24) is 20.4 Å². The Kier molecular flexibility index (Phi) is 3.66. The highest BCUT2D eigenvalue weighted by molar-refractivity contribution is 6.04. The van der Waals surface area contributed by atoms with Gasteiger partial charge in [-0.3, -0.25) is 4.79 Å². The first-order chi connectivity index (χ1) is 11.8. The van der Waals surface area contributed by atoms with Crippen LogP contribution in [0.2, 0.25) is 0 Å². The number of hydrogen-bond acceptors (Lipinski definition) is 5. The number of ether oxygens (including phenoxy) is 1. The number of carbonyl (C=O) groups is 1. The molecular formula is C17H15N5O2. The van der Waals surface area contributed by atoms with Gasteiger partial charge in [-0.25, -0.2) is 10.1 Å². The molecule has 0 unspecified atom stereocenters. The fourth-order valence-electron chi connectivity index (χ4n) is 2.67. The van der Waals surface area contributed by atoms with E-state index in [1.165, 1.54) is 0 Å². The van der Waals surface area contributed by atoms with Gasteiger partial charge in [-0.1, -0.05) is 29.5 Å². The van der Waals surface area contributed by atoms with Crippen molar-refractivity contribution in [3.05, 3.63) is 54.1 Å². The van der Waals surface area contributed by atoms with Gasteiger partial charge in [0.05, 0.1) is 17.8 Å². The SMILES string of the molecule is O=C(Cn1nnc2ccccc21)N/N=C1/CCOc2ccccc21. The minimum atomic E-state index is -0.248. The van der Waals surface area contributed by atoms with Crippen molar-refractivity contribution in [1.29, 1.82) is 0 Å². The predicted molar refractivity (Wildman–Crippen MR) is 88.8 cm³/mol. The first kappa shape index (κ1) is 14.4. The number of nitrogens with one attached hydrogen (secondary N) is 1. The molecule has 120 valence electrons. The Balaban J connectivity index is 1.49. The van der Waals surface area contributed by atoms with Crippen LogP contribution in [0.3, 0.4) is 0 Å². The molecule has 0 atom stereocenters. The molecule has 24 heavy (non-hydrogen) atoms. The molecule has 0 saturated carbocycles. The van der Waals surface area contributed by atoms with Gasteiger partial charge in [0, 0.05) is 12.0 Å². The number of fused-ring (bicyclic) bond motifs is 2. The van der Waals surface area contributed by atoms with Crippen molar-refractivity contribution in [3.8, 4) is 5.75 Å². The summed E-state index contributed by atoms with van der Waals surface area (Å²) in [7, 11) is 0. The number of benzene rings is 2. The third-order valence-electron chi connectivity index (χ3n) is 3.82. The predicted octanol–water partition coefficient (Wildman–Crippen LogP) is 1.73. The monoisotopic (exact) mass is 321 g/mol. The Hall–Kier alpha value is -3.22. The van der Waals surface area contributed by atoms with Crippen molar-refractivity contribution in [2.75, 3.05) is 6.61 Å². The maximum Gasteiger partial charge on any atom is 0.261 e. The first-order valence-electron chi connectivity index (χ1n) is 7.67. The molecule has 1 aromatic heterocycles. The van der Waals surface area contributed by atoms with Crippen molar-refractivity contribution in [2.45, 2.75) is 13.0 Å². The summed E-state index contributed by atoms with van der Waals surface area (Å²) in [5.41, 5.74) is 5.90. The summed E-state index contributed by atoms with van der Waals surface area (Å²) < 4.78 is 7.14. The lowest BCUT2D eigenvalue weighted by molar-refractivity contribution is -0.121. The summed E-state index contributed by atoms with van der Waals surface area (Å²) in [5.74, 6) is 0.543. The van der Waals surface area contributed by atoms with E-state index in [0.29, 0.717) is 13.0 Å². The molecule has 0 fully saturated rings. The van der Waals surface area contributed by atoms with E-state index in [-0.39, 0.29) is 12.5 Å². The third-order valence-corrected chi connectivity index (χ3v) is 3.82. The van der Waals surface area contributed by atoms with Crippen LogP contribution >= 0.6 is 0 Å². The number of para-hydroxylation sites is 2. The minimum Gasteiger partial charge on any atom is -0.492 e. The van der Waals surface area contributed by atoms with Crippen LogP contribution in [0.4, 0.5) is 0 Å². The van der Waals surface area contributed by atoms with E-state index in [1.807, 2.05) is 48.5 Å². The maximum atomic E-state index is 12.2. The molecule has 1 N–H and O–H groups in total. The van der Waals surface area contributed by atoms with Gasteiger partial charge in [0.25, 0.3) is 5.91 Å². The van der Waals surface area contributed by atoms with Crippen molar-refractivity contribution in [2.24, 2.45) is 5.10 Å². The van der Waals surface area contributed by atoms with Gasteiger partial charge >= 0.3 is 0 Å². The van der Waals surface area contributed by atoms with Crippen LogP contribution in [0.25, 0.3) is 11.0 Å². The Labute approximate surface area is 137 Å². The van der Waals surface area contributed by atoms with Crippen LogP contribution in [0, 0.1) is 0 Å². The summed E-state index contributed by atoms with van der Waals surface area (Å²) >= 11 is 0. The second-order valence-electron chi connectivity index (χ2n) is 5.42. The molecule has 2 heterocycles. The molecule has 7 nitrogen and oxygen atoms in total. The molecule has 0 saturated heterocycles. The highest BCUT2D eigenvalue weighted by atomic mass is 16.5. The van der Waals surface area contributed by atoms with Gasteiger partial charge in [0.15, 0.2) is 0 Å². The van der Waals surface area contributed by atoms with Crippen LogP contribution in [-0.4, -0.2) is 33.2 Å². The van der Waals surface area contributed by atoms with Gasteiger partial charge in [-0.15, -0.1) is 5.10 Å². The van der Waals surface area contributed by atoms with Crippen LogP contribution in [0.1, 0.15) is 12.0 Å². The largest absolute Gasteiger partial charge is 0.492 e. The smallest absolute Gasteiger partial charge is 0.261 e. The van der Waals surface area contributed by atoms with E-state index in [9.17, 15) is 4.79 Å². The molecule has 1 amide bonds. The van der Waals surface area contributed by atoms with Crippen LogP contribution < -0.4 is 10.2 Å². The van der Waals surface area contributed by atoms with Gasteiger partial charge in [0.1, 0.15) is 17.8 Å². The number of rotatable bonds is 3. The van der Waals surface area contributed by atoms with E-state index < -0.39 is 0 Å². The topological polar surface area (TPSA) is 81.4 Å².